The molecule has 0 spiro atoms. The summed E-state index contributed by atoms with van der Waals surface area (Å²) in [6.45, 7) is 4.21. The zero-order valence-electron chi connectivity index (χ0n) is 11.2. The predicted molar refractivity (Wildman–Crippen MR) is 73.6 cm³/mol. The van der Waals surface area contributed by atoms with Crippen molar-refractivity contribution in [1.82, 2.24) is 5.32 Å². The van der Waals surface area contributed by atoms with Crippen molar-refractivity contribution in [1.29, 1.82) is 0 Å². The molecule has 2 nitrogen and oxygen atoms in total. The topological polar surface area (TPSA) is 21.3 Å². The Morgan fingerprint density at radius 1 is 1.33 bits per heavy atom. The van der Waals surface area contributed by atoms with E-state index in [0.717, 1.165) is 13.2 Å². The number of hydrogen-bond acceptors (Lipinski definition) is 2. The zero-order chi connectivity index (χ0) is 12.4. The molecule has 3 rings (SSSR count). The van der Waals surface area contributed by atoms with Crippen molar-refractivity contribution in [2.45, 2.75) is 44.8 Å². The van der Waals surface area contributed by atoms with Gasteiger partial charge in [0, 0.05) is 12.6 Å². The van der Waals surface area contributed by atoms with Crippen LogP contribution in [0.5, 0.6) is 0 Å². The normalized spacial score (nSPS) is 30.6. The highest BCUT2D eigenvalue weighted by molar-refractivity contribution is 5.35. The Morgan fingerprint density at radius 3 is 3.00 bits per heavy atom. The third-order valence-corrected chi connectivity index (χ3v) is 4.36. The lowest BCUT2D eigenvalue weighted by atomic mass is 9.93. The molecule has 0 amide bonds. The molecule has 3 atom stereocenters. The molecule has 98 valence electrons. The first kappa shape index (κ1) is 12.2. The summed E-state index contributed by atoms with van der Waals surface area (Å²) < 4.78 is 5.81. The van der Waals surface area contributed by atoms with Crippen LogP contribution in [0.2, 0.25) is 0 Å². The Morgan fingerprint density at radius 2 is 2.22 bits per heavy atom. The average molecular weight is 245 g/mol. The summed E-state index contributed by atoms with van der Waals surface area (Å²) in [5.41, 5.74) is 3.05. The van der Waals surface area contributed by atoms with E-state index in [1.807, 2.05) is 0 Å². The van der Waals surface area contributed by atoms with Crippen molar-refractivity contribution in [3.05, 3.63) is 35.4 Å². The number of benzene rings is 1. The van der Waals surface area contributed by atoms with Gasteiger partial charge in [0.15, 0.2) is 0 Å². The van der Waals surface area contributed by atoms with Gasteiger partial charge >= 0.3 is 0 Å². The largest absolute Gasteiger partial charge is 0.378 e. The number of ether oxygens (including phenoxy) is 1. The molecule has 1 aromatic rings. The van der Waals surface area contributed by atoms with Crippen LogP contribution in [-0.4, -0.2) is 19.3 Å². The molecule has 1 heterocycles. The van der Waals surface area contributed by atoms with Crippen LogP contribution in [0.25, 0.3) is 0 Å². The van der Waals surface area contributed by atoms with Crippen molar-refractivity contribution in [2.75, 3.05) is 13.2 Å². The van der Waals surface area contributed by atoms with E-state index in [4.69, 9.17) is 4.74 Å². The van der Waals surface area contributed by atoms with Gasteiger partial charge in [-0.15, -0.1) is 0 Å². The fraction of sp³-hybridized carbons (Fsp3) is 0.625. The number of fused-ring (bicyclic) bond motifs is 1. The SMILES string of the molecule is CCNC1c2ccccc2CC1CC1CCCO1. The van der Waals surface area contributed by atoms with E-state index in [-0.39, 0.29) is 0 Å². The molecule has 2 aliphatic rings. The minimum Gasteiger partial charge on any atom is -0.378 e. The molecule has 0 radical (unpaired) electrons. The van der Waals surface area contributed by atoms with E-state index in [2.05, 4.69) is 36.5 Å². The molecule has 1 aliphatic carbocycles. The highest BCUT2D eigenvalue weighted by Gasteiger charge is 2.33. The maximum atomic E-state index is 5.81. The smallest absolute Gasteiger partial charge is 0.0579 e. The first-order valence-electron chi connectivity index (χ1n) is 7.31. The second-order valence-electron chi connectivity index (χ2n) is 5.57. The summed E-state index contributed by atoms with van der Waals surface area (Å²) in [5.74, 6) is 0.713. The third-order valence-electron chi connectivity index (χ3n) is 4.36. The fourth-order valence-corrected chi connectivity index (χ4v) is 3.56. The molecule has 1 aromatic carbocycles. The Labute approximate surface area is 110 Å². The Kier molecular flexibility index (Phi) is 3.67. The maximum Gasteiger partial charge on any atom is 0.0579 e. The van der Waals surface area contributed by atoms with Gasteiger partial charge in [0.05, 0.1) is 6.10 Å². The minimum absolute atomic E-state index is 0.505. The van der Waals surface area contributed by atoms with Gasteiger partial charge in [0.25, 0.3) is 0 Å². The third kappa shape index (κ3) is 2.32. The van der Waals surface area contributed by atoms with Crippen LogP contribution in [0.4, 0.5) is 0 Å². The zero-order valence-corrected chi connectivity index (χ0v) is 11.2. The molecule has 2 heteroatoms. The van der Waals surface area contributed by atoms with Crippen molar-refractivity contribution >= 4 is 0 Å². The minimum atomic E-state index is 0.505. The van der Waals surface area contributed by atoms with Crippen molar-refractivity contribution in [3.8, 4) is 0 Å². The van der Waals surface area contributed by atoms with E-state index in [0.29, 0.717) is 18.1 Å². The molecular formula is C16H23NO. The molecule has 1 fully saturated rings. The van der Waals surface area contributed by atoms with Gasteiger partial charge in [-0.25, -0.2) is 0 Å². The van der Waals surface area contributed by atoms with Gasteiger partial charge in [0.2, 0.25) is 0 Å². The lowest BCUT2D eigenvalue weighted by molar-refractivity contribution is 0.0850. The maximum absolute atomic E-state index is 5.81. The highest BCUT2D eigenvalue weighted by Crippen LogP contribution is 2.39. The van der Waals surface area contributed by atoms with Crippen molar-refractivity contribution in [2.24, 2.45) is 5.92 Å². The Bertz CT molecular complexity index is 398. The van der Waals surface area contributed by atoms with Crippen molar-refractivity contribution < 1.29 is 4.74 Å². The molecule has 0 aromatic heterocycles. The lowest BCUT2D eigenvalue weighted by Gasteiger charge is -2.23. The van der Waals surface area contributed by atoms with E-state index in [1.54, 1.807) is 0 Å². The fourth-order valence-electron chi connectivity index (χ4n) is 3.56. The van der Waals surface area contributed by atoms with E-state index >= 15 is 0 Å². The van der Waals surface area contributed by atoms with Gasteiger partial charge in [-0.2, -0.15) is 0 Å². The first-order valence-corrected chi connectivity index (χ1v) is 7.31. The van der Waals surface area contributed by atoms with Crippen molar-refractivity contribution in [3.63, 3.8) is 0 Å². The van der Waals surface area contributed by atoms with Crippen LogP contribution in [0, 0.1) is 5.92 Å². The number of rotatable bonds is 4. The predicted octanol–water partition coefficient (Wildman–Crippen LogP) is 3.08. The lowest BCUT2D eigenvalue weighted by Crippen LogP contribution is -2.27. The van der Waals surface area contributed by atoms with Gasteiger partial charge in [-0.05, 0) is 49.3 Å². The van der Waals surface area contributed by atoms with Crippen LogP contribution >= 0.6 is 0 Å². The monoisotopic (exact) mass is 245 g/mol. The Hall–Kier alpha value is -0.860. The quantitative estimate of drug-likeness (QED) is 0.880. The molecule has 3 unspecified atom stereocenters. The highest BCUT2D eigenvalue weighted by atomic mass is 16.5. The summed E-state index contributed by atoms with van der Waals surface area (Å²) in [7, 11) is 0. The van der Waals surface area contributed by atoms with Crippen LogP contribution in [0.3, 0.4) is 0 Å². The van der Waals surface area contributed by atoms with Gasteiger partial charge in [-0.1, -0.05) is 31.2 Å². The molecule has 1 aliphatic heterocycles. The first-order chi connectivity index (χ1) is 8.88. The molecule has 0 bridgehead atoms. The summed E-state index contributed by atoms with van der Waals surface area (Å²) in [6.07, 6.45) is 5.44. The number of nitrogens with one attached hydrogen (secondary N) is 1. The van der Waals surface area contributed by atoms with E-state index < -0.39 is 0 Å². The van der Waals surface area contributed by atoms with E-state index in [1.165, 1.54) is 36.8 Å². The van der Waals surface area contributed by atoms with Crippen LogP contribution in [0.1, 0.15) is 43.4 Å². The Balaban J connectivity index is 1.74. The summed E-state index contributed by atoms with van der Waals surface area (Å²) in [6, 6.07) is 9.44. The van der Waals surface area contributed by atoms with Crippen LogP contribution in [-0.2, 0) is 11.2 Å². The van der Waals surface area contributed by atoms with Gasteiger partial charge in [0.1, 0.15) is 0 Å². The average Bonchev–Trinajstić information content (AvgIpc) is 3.00. The summed E-state index contributed by atoms with van der Waals surface area (Å²) in [5, 5.41) is 3.67. The molecule has 0 saturated carbocycles. The summed E-state index contributed by atoms with van der Waals surface area (Å²) in [4.78, 5) is 0. The second kappa shape index (κ2) is 5.41. The standard InChI is InChI=1S/C16H23NO/c1-2-17-16-13(11-14-7-5-9-18-14)10-12-6-3-4-8-15(12)16/h3-4,6,8,13-14,16-17H,2,5,7,9-11H2,1H3. The molecule has 1 saturated heterocycles. The second-order valence-corrected chi connectivity index (χ2v) is 5.57. The molecule has 1 N–H and O–H groups in total. The van der Waals surface area contributed by atoms with Crippen LogP contribution in [0.15, 0.2) is 24.3 Å². The van der Waals surface area contributed by atoms with E-state index in [9.17, 15) is 0 Å². The number of hydrogen-bond donors (Lipinski definition) is 1. The van der Waals surface area contributed by atoms with Crippen LogP contribution < -0.4 is 5.32 Å². The summed E-state index contributed by atoms with van der Waals surface area (Å²) >= 11 is 0. The molecule has 18 heavy (non-hydrogen) atoms. The van der Waals surface area contributed by atoms with Gasteiger partial charge in [-0.3, -0.25) is 0 Å². The molecular weight excluding hydrogens is 222 g/mol. The van der Waals surface area contributed by atoms with Gasteiger partial charge < -0.3 is 10.1 Å².